The molecule has 0 radical (unpaired) electrons. The van der Waals surface area contributed by atoms with Crippen LogP contribution in [0.25, 0.3) is 44.5 Å². The maximum Gasteiger partial charge on any atom is 0.229 e. The van der Waals surface area contributed by atoms with E-state index >= 15 is 0 Å². The molecule has 0 amide bonds. The SMILES string of the molecule is COc1ccc2[nH]ccc2c1-c1nc(N2CCOCC2)c2oc3ncc(CN4CCSCC4)cc3c2n1. The fourth-order valence-corrected chi connectivity index (χ4v) is 6.26. The summed E-state index contributed by atoms with van der Waals surface area (Å²) < 4.78 is 17.7. The lowest BCUT2D eigenvalue weighted by molar-refractivity contribution is 0.122. The predicted molar refractivity (Wildman–Crippen MR) is 147 cm³/mol. The van der Waals surface area contributed by atoms with Gasteiger partial charge in [0.2, 0.25) is 5.71 Å². The number of aromatic nitrogens is 4. The summed E-state index contributed by atoms with van der Waals surface area (Å²) in [6.07, 6.45) is 3.86. The first-order chi connectivity index (χ1) is 18.3. The zero-order valence-electron chi connectivity index (χ0n) is 20.7. The van der Waals surface area contributed by atoms with E-state index in [1.54, 1.807) is 7.11 Å². The van der Waals surface area contributed by atoms with Gasteiger partial charge in [-0.15, -0.1) is 0 Å². The topological polar surface area (TPSA) is 92.5 Å². The van der Waals surface area contributed by atoms with Gasteiger partial charge in [-0.25, -0.2) is 15.0 Å². The van der Waals surface area contributed by atoms with E-state index in [9.17, 15) is 0 Å². The number of nitrogens with one attached hydrogen (secondary N) is 1. The number of hydrogen-bond donors (Lipinski definition) is 1. The summed E-state index contributed by atoms with van der Waals surface area (Å²) in [5.41, 5.74) is 5.07. The maximum absolute atomic E-state index is 6.33. The average Bonchev–Trinajstić information content (AvgIpc) is 3.57. The fourth-order valence-electron chi connectivity index (χ4n) is 5.28. The van der Waals surface area contributed by atoms with Crippen LogP contribution in [0.5, 0.6) is 5.75 Å². The van der Waals surface area contributed by atoms with Gasteiger partial charge in [0, 0.05) is 67.5 Å². The number of furan rings is 1. The van der Waals surface area contributed by atoms with Crippen LogP contribution in [-0.4, -0.2) is 82.8 Å². The molecule has 0 unspecified atom stereocenters. The molecule has 2 fully saturated rings. The Kier molecular flexibility index (Phi) is 5.87. The maximum atomic E-state index is 6.33. The number of benzene rings is 1. The number of pyridine rings is 1. The summed E-state index contributed by atoms with van der Waals surface area (Å²) in [5, 5.41) is 1.93. The highest BCUT2D eigenvalue weighted by Gasteiger charge is 2.25. The lowest BCUT2D eigenvalue weighted by Gasteiger charge is -2.28. The number of morpholine rings is 1. The van der Waals surface area contributed by atoms with Gasteiger partial charge in [0.1, 0.15) is 11.3 Å². The predicted octanol–water partition coefficient (Wildman–Crippen LogP) is 4.31. The van der Waals surface area contributed by atoms with E-state index in [0.717, 1.165) is 71.7 Å². The molecule has 0 bridgehead atoms. The lowest BCUT2D eigenvalue weighted by Crippen LogP contribution is -2.37. The molecule has 6 heterocycles. The Morgan fingerprint density at radius 2 is 1.92 bits per heavy atom. The summed E-state index contributed by atoms with van der Waals surface area (Å²) in [6, 6.07) is 8.20. The average molecular weight is 517 g/mol. The van der Waals surface area contributed by atoms with Crippen molar-refractivity contribution in [1.82, 2.24) is 24.8 Å². The number of aromatic amines is 1. The van der Waals surface area contributed by atoms with Crippen LogP contribution >= 0.6 is 11.8 Å². The monoisotopic (exact) mass is 516 g/mol. The van der Waals surface area contributed by atoms with Gasteiger partial charge in [-0.05, 0) is 29.8 Å². The molecule has 0 aliphatic carbocycles. The van der Waals surface area contributed by atoms with Crippen molar-refractivity contribution >= 4 is 50.7 Å². The molecule has 2 aliphatic heterocycles. The zero-order chi connectivity index (χ0) is 24.8. The molecule has 0 atom stereocenters. The molecular formula is C27H28N6O3S. The van der Waals surface area contributed by atoms with Gasteiger partial charge in [-0.2, -0.15) is 11.8 Å². The van der Waals surface area contributed by atoms with E-state index in [1.165, 1.54) is 17.1 Å². The van der Waals surface area contributed by atoms with Crippen LogP contribution in [0.15, 0.2) is 41.1 Å². The molecule has 4 aromatic heterocycles. The Bertz CT molecular complexity index is 1590. The Morgan fingerprint density at radius 1 is 1.05 bits per heavy atom. The van der Waals surface area contributed by atoms with Gasteiger partial charge in [0.15, 0.2) is 17.2 Å². The summed E-state index contributed by atoms with van der Waals surface area (Å²) >= 11 is 2.02. The second kappa shape index (κ2) is 9.51. The molecule has 1 aromatic carbocycles. The van der Waals surface area contributed by atoms with Gasteiger partial charge < -0.3 is 23.8 Å². The molecule has 1 N–H and O–H groups in total. The van der Waals surface area contributed by atoms with E-state index in [2.05, 4.69) is 20.9 Å². The number of H-pyrrole nitrogens is 1. The van der Waals surface area contributed by atoms with E-state index in [1.807, 2.05) is 42.4 Å². The van der Waals surface area contributed by atoms with Crippen LogP contribution in [0.2, 0.25) is 0 Å². The number of thioether (sulfide) groups is 1. The Balaban J connectivity index is 1.43. The van der Waals surface area contributed by atoms with E-state index in [0.29, 0.717) is 30.3 Å². The summed E-state index contributed by atoms with van der Waals surface area (Å²) in [6.45, 7) is 5.84. The first kappa shape index (κ1) is 22.8. The molecule has 37 heavy (non-hydrogen) atoms. The number of ether oxygens (including phenoxy) is 2. The Labute approximate surface area is 218 Å². The lowest BCUT2D eigenvalue weighted by atomic mass is 10.1. The number of hydrogen-bond acceptors (Lipinski definition) is 9. The largest absolute Gasteiger partial charge is 0.496 e. The van der Waals surface area contributed by atoms with E-state index < -0.39 is 0 Å². The summed E-state index contributed by atoms with van der Waals surface area (Å²) in [5.74, 6) is 4.46. The van der Waals surface area contributed by atoms with Crippen molar-refractivity contribution in [2.24, 2.45) is 0 Å². The standard InChI is InChI=1S/C27H28N6O3S/c1-34-21-3-2-20-18(4-5-28-20)22(21)25-30-23-19-14-17(16-32-8-12-37-13-9-32)15-29-27(19)36-24(23)26(31-25)33-6-10-35-11-7-33/h2-5,14-15,28H,6-13,16H2,1H3. The van der Waals surface area contributed by atoms with Crippen LogP contribution in [-0.2, 0) is 11.3 Å². The van der Waals surface area contributed by atoms with Crippen LogP contribution in [0.3, 0.4) is 0 Å². The second-order valence-corrected chi connectivity index (χ2v) is 10.6. The van der Waals surface area contributed by atoms with Gasteiger partial charge in [0.25, 0.3) is 0 Å². The minimum absolute atomic E-state index is 0.584. The first-order valence-electron chi connectivity index (χ1n) is 12.6. The van der Waals surface area contributed by atoms with Crippen molar-refractivity contribution in [1.29, 1.82) is 0 Å². The molecule has 2 aliphatic rings. The van der Waals surface area contributed by atoms with E-state index in [4.69, 9.17) is 28.8 Å². The van der Waals surface area contributed by atoms with Crippen molar-refractivity contribution in [2.45, 2.75) is 6.54 Å². The fraction of sp³-hybridized carbons (Fsp3) is 0.370. The van der Waals surface area contributed by atoms with E-state index in [-0.39, 0.29) is 0 Å². The quantitative estimate of drug-likeness (QED) is 0.367. The highest BCUT2D eigenvalue weighted by atomic mass is 32.2. The van der Waals surface area contributed by atoms with Gasteiger partial charge in [0.05, 0.1) is 31.3 Å². The van der Waals surface area contributed by atoms with Crippen molar-refractivity contribution in [3.63, 3.8) is 0 Å². The number of anilines is 1. The van der Waals surface area contributed by atoms with Crippen molar-refractivity contribution in [2.75, 3.05) is 62.9 Å². The van der Waals surface area contributed by atoms with Crippen molar-refractivity contribution < 1.29 is 13.9 Å². The van der Waals surface area contributed by atoms with Crippen molar-refractivity contribution in [3.8, 4) is 17.1 Å². The smallest absolute Gasteiger partial charge is 0.229 e. The molecule has 2 saturated heterocycles. The van der Waals surface area contributed by atoms with Gasteiger partial charge >= 0.3 is 0 Å². The molecule has 5 aromatic rings. The highest BCUT2D eigenvalue weighted by Crippen LogP contribution is 2.39. The van der Waals surface area contributed by atoms with Crippen LogP contribution in [0.1, 0.15) is 5.56 Å². The third kappa shape index (κ3) is 4.09. The number of nitrogens with zero attached hydrogens (tertiary/aromatic N) is 5. The molecule has 0 saturated carbocycles. The minimum Gasteiger partial charge on any atom is -0.496 e. The zero-order valence-corrected chi connectivity index (χ0v) is 21.5. The molecular weight excluding hydrogens is 488 g/mol. The second-order valence-electron chi connectivity index (χ2n) is 9.42. The van der Waals surface area contributed by atoms with Gasteiger partial charge in [-0.3, -0.25) is 4.90 Å². The Morgan fingerprint density at radius 3 is 2.76 bits per heavy atom. The summed E-state index contributed by atoms with van der Waals surface area (Å²) in [7, 11) is 1.68. The molecule has 7 rings (SSSR count). The Hall–Kier alpha value is -3.34. The van der Waals surface area contributed by atoms with Crippen LogP contribution in [0.4, 0.5) is 5.82 Å². The third-order valence-corrected chi connectivity index (χ3v) is 8.11. The van der Waals surface area contributed by atoms with Crippen LogP contribution in [0, 0.1) is 0 Å². The molecule has 9 nitrogen and oxygen atoms in total. The van der Waals surface area contributed by atoms with Crippen molar-refractivity contribution in [3.05, 3.63) is 42.2 Å². The number of methoxy groups -OCH3 is 1. The third-order valence-electron chi connectivity index (χ3n) is 7.17. The minimum atomic E-state index is 0.584. The number of fused-ring (bicyclic) bond motifs is 4. The molecule has 190 valence electrons. The highest BCUT2D eigenvalue weighted by molar-refractivity contribution is 7.99. The van der Waals surface area contributed by atoms with Crippen LogP contribution < -0.4 is 9.64 Å². The normalized spacial score (nSPS) is 17.3. The number of rotatable bonds is 5. The summed E-state index contributed by atoms with van der Waals surface area (Å²) in [4.78, 5) is 22.9. The van der Waals surface area contributed by atoms with Gasteiger partial charge in [-0.1, -0.05) is 0 Å². The first-order valence-corrected chi connectivity index (χ1v) is 13.8. The molecule has 10 heteroatoms. The molecule has 0 spiro atoms.